The zero-order chi connectivity index (χ0) is 13.3. The van der Waals surface area contributed by atoms with Crippen LogP contribution in [0, 0.1) is 6.92 Å². The predicted molar refractivity (Wildman–Crippen MR) is 69.4 cm³/mol. The van der Waals surface area contributed by atoms with Gasteiger partial charge in [-0.15, -0.1) is 0 Å². The predicted octanol–water partition coefficient (Wildman–Crippen LogP) is 4.60. The molecule has 0 aliphatic rings. The fourth-order valence-corrected chi connectivity index (χ4v) is 2.29. The molecule has 2 nitrogen and oxygen atoms in total. The Morgan fingerprint density at radius 1 is 1.28 bits per heavy atom. The molecular weight excluding hydrogens is 358 g/mol. The molecule has 0 saturated carbocycles. The normalized spacial score (nSPS) is 11.8. The van der Waals surface area contributed by atoms with E-state index in [1.54, 1.807) is 6.92 Å². The second-order valence-corrected chi connectivity index (χ2v) is 4.46. The summed E-state index contributed by atoms with van der Waals surface area (Å²) in [6, 6.07) is 5.28. The number of alkyl halides is 4. The fraction of sp³-hybridized carbons (Fsp3) is 0.250. The third kappa shape index (κ3) is 2.52. The van der Waals surface area contributed by atoms with Gasteiger partial charge in [0, 0.05) is 9.99 Å². The van der Waals surface area contributed by atoms with E-state index in [1.807, 2.05) is 0 Å². The summed E-state index contributed by atoms with van der Waals surface area (Å²) in [6.07, 6.45) is -4.41. The highest BCUT2D eigenvalue weighted by atomic mass is 127. The molecule has 0 atom stereocenters. The molecular formula is C12H9F3INO. The molecule has 2 rings (SSSR count). The molecule has 1 aromatic carbocycles. The number of aromatic nitrogens is 1. The summed E-state index contributed by atoms with van der Waals surface area (Å²) in [5.74, 6) is 0.573. The van der Waals surface area contributed by atoms with Crippen molar-refractivity contribution in [3.8, 4) is 11.5 Å². The van der Waals surface area contributed by atoms with Gasteiger partial charge in [-0.05, 0) is 19.1 Å². The van der Waals surface area contributed by atoms with Gasteiger partial charge in [-0.2, -0.15) is 13.2 Å². The van der Waals surface area contributed by atoms with Crippen molar-refractivity contribution in [1.29, 1.82) is 0 Å². The molecule has 18 heavy (non-hydrogen) atoms. The average molecular weight is 367 g/mol. The molecule has 0 amide bonds. The van der Waals surface area contributed by atoms with Crippen LogP contribution in [0.3, 0.4) is 0 Å². The van der Waals surface area contributed by atoms with Crippen LogP contribution in [0.1, 0.15) is 17.0 Å². The Bertz CT molecular complexity index is 563. The first-order valence-electron chi connectivity index (χ1n) is 5.12. The number of hydrogen-bond donors (Lipinski definition) is 0. The van der Waals surface area contributed by atoms with E-state index in [-0.39, 0.29) is 11.5 Å². The lowest BCUT2D eigenvalue weighted by Crippen LogP contribution is -2.06. The van der Waals surface area contributed by atoms with Crippen LogP contribution in [0.5, 0.6) is 0 Å². The van der Waals surface area contributed by atoms with E-state index in [4.69, 9.17) is 4.42 Å². The van der Waals surface area contributed by atoms with Crippen molar-refractivity contribution < 1.29 is 17.6 Å². The molecule has 0 N–H and O–H groups in total. The molecule has 0 aliphatic carbocycles. The summed E-state index contributed by atoms with van der Waals surface area (Å²) < 4.78 is 44.5. The van der Waals surface area contributed by atoms with E-state index in [2.05, 4.69) is 27.6 Å². The molecule has 0 saturated heterocycles. The van der Waals surface area contributed by atoms with Gasteiger partial charge < -0.3 is 4.42 Å². The van der Waals surface area contributed by atoms with Crippen LogP contribution in [0.25, 0.3) is 11.5 Å². The summed E-state index contributed by atoms with van der Waals surface area (Å²) in [5.41, 5.74) is -0.0852. The first-order valence-corrected chi connectivity index (χ1v) is 6.65. The lowest BCUT2D eigenvalue weighted by molar-refractivity contribution is -0.137. The molecule has 0 aliphatic heterocycles. The Balaban J connectivity index is 2.57. The number of oxazole rings is 1. The number of halogens is 4. The van der Waals surface area contributed by atoms with Gasteiger partial charge in [0.1, 0.15) is 5.76 Å². The lowest BCUT2D eigenvalue weighted by Gasteiger charge is -2.09. The third-order valence-corrected chi connectivity index (χ3v) is 3.20. The SMILES string of the molecule is Cc1oc(-c2ccccc2C(F)(F)F)nc1CI. The van der Waals surface area contributed by atoms with Crippen molar-refractivity contribution in [3.63, 3.8) is 0 Å². The van der Waals surface area contributed by atoms with E-state index < -0.39 is 11.7 Å². The number of rotatable bonds is 2. The summed E-state index contributed by atoms with van der Waals surface area (Å²) in [7, 11) is 0. The maximum absolute atomic E-state index is 12.9. The second-order valence-electron chi connectivity index (χ2n) is 3.70. The van der Waals surface area contributed by atoms with Gasteiger partial charge >= 0.3 is 6.18 Å². The smallest absolute Gasteiger partial charge is 0.417 e. The molecule has 0 radical (unpaired) electrons. The highest BCUT2D eigenvalue weighted by molar-refractivity contribution is 14.1. The van der Waals surface area contributed by atoms with Crippen LogP contribution in [0.4, 0.5) is 13.2 Å². The number of benzene rings is 1. The minimum absolute atomic E-state index is 0.0205. The molecule has 96 valence electrons. The molecule has 2 aromatic rings. The molecule has 0 spiro atoms. The standard InChI is InChI=1S/C12H9F3INO/c1-7-10(6-16)17-11(18-7)8-4-2-3-5-9(8)12(13,14)15/h2-5H,6H2,1H3. The van der Waals surface area contributed by atoms with Gasteiger partial charge in [-0.3, -0.25) is 0 Å². The van der Waals surface area contributed by atoms with Crippen molar-refractivity contribution in [2.75, 3.05) is 0 Å². The zero-order valence-electron chi connectivity index (χ0n) is 9.38. The molecule has 0 unspecified atom stereocenters. The first-order chi connectivity index (χ1) is 8.43. The van der Waals surface area contributed by atoms with Crippen LogP contribution >= 0.6 is 22.6 Å². The minimum Gasteiger partial charge on any atom is -0.441 e. The Kier molecular flexibility index (Phi) is 3.65. The fourth-order valence-electron chi connectivity index (χ4n) is 1.58. The van der Waals surface area contributed by atoms with Crippen molar-refractivity contribution in [3.05, 3.63) is 41.3 Å². The second kappa shape index (κ2) is 4.91. The largest absolute Gasteiger partial charge is 0.441 e. The van der Waals surface area contributed by atoms with E-state index >= 15 is 0 Å². The summed E-state index contributed by atoms with van der Waals surface area (Å²) in [4.78, 5) is 4.10. The van der Waals surface area contributed by atoms with Gasteiger partial charge in [0.15, 0.2) is 0 Å². The highest BCUT2D eigenvalue weighted by Crippen LogP contribution is 2.37. The lowest BCUT2D eigenvalue weighted by atomic mass is 10.1. The Morgan fingerprint density at radius 3 is 2.50 bits per heavy atom. The van der Waals surface area contributed by atoms with Crippen LogP contribution in [0.2, 0.25) is 0 Å². The summed E-state index contributed by atoms with van der Waals surface area (Å²) in [6.45, 7) is 1.70. The van der Waals surface area contributed by atoms with Crippen molar-refractivity contribution in [1.82, 2.24) is 4.98 Å². The van der Waals surface area contributed by atoms with Crippen LogP contribution < -0.4 is 0 Å². The van der Waals surface area contributed by atoms with Gasteiger partial charge in [0.05, 0.1) is 11.3 Å². The first kappa shape index (κ1) is 13.4. The zero-order valence-corrected chi connectivity index (χ0v) is 11.5. The topological polar surface area (TPSA) is 26.0 Å². The van der Waals surface area contributed by atoms with E-state index in [0.29, 0.717) is 15.9 Å². The average Bonchev–Trinajstić information content (AvgIpc) is 2.69. The van der Waals surface area contributed by atoms with Gasteiger partial charge in [0.2, 0.25) is 5.89 Å². The summed E-state index contributed by atoms with van der Waals surface area (Å²) >= 11 is 2.09. The van der Waals surface area contributed by atoms with Crippen molar-refractivity contribution in [2.45, 2.75) is 17.5 Å². The molecule has 1 aromatic heterocycles. The van der Waals surface area contributed by atoms with E-state index in [1.165, 1.54) is 18.2 Å². The van der Waals surface area contributed by atoms with Crippen LogP contribution in [-0.2, 0) is 10.6 Å². The Morgan fingerprint density at radius 2 is 1.94 bits per heavy atom. The molecule has 1 heterocycles. The third-order valence-electron chi connectivity index (χ3n) is 2.48. The maximum Gasteiger partial charge on any atom is 0.417 e. The minimum atomic E-state index is -4.41. The van der Waals surface area contributed by atoms with Crippen molar-refractivity contribution >= 4 is 22.6 Å². The Hall–Kier alpha value is -1.05. The molecule has 0 bridgehead atoms. The van der Waals surface area contributed by atoms with Crippen LogP contribution in [-0.4, -0.2) is 4.98 Å². The summed E-state index contributed by atoms with van der Waals surface area (Å²) in [5, 5.41) is 0. The number of aryl methyl sites for hydroxylation is 1. The molecule has 0 fully saturated rings. The maximum atomic E-state index is 12.9. The number of hydrogen-bond acceptors (Lipinski definition) is 2. The van der Waals surface area contributed by atoms with Crippen LogP contribution in [0.15, 0.2) is 28.7 Å². The monoisotopic (exact) mass is 367 g/mol. The van der Waals surface area contributed by atoms with E-state index in [9.17, 15) is 13.2 Å². The quantitative estimate of drug-likeness (QED) is 0.573. The Labute approximate surface area is 115 Å². The van der Waals surface area contributed by atoms with Gasteiger partial charge in [-0.25, -0.2) is 4.98 Å². The van der Waals surface area contributed by atoms with Gasteiger partial charge in [0.25, 0.3) is 0 Å². The van der Waals surface area contributed by atoms with Crippen molar-refractivity contribution in [2.24, 2.45) is 0 Å². The highest BCUT2D eigenvalue weighted by Gasteiger charge is 2.34. The van der Waals surface area contributed by atoms with E-state index in [0.717, 1.165) is 6.07 Å². The number of nitrogens with zero attached hydrogens (tertiary/aromatic N) is 1. The molecule has 6 heteroatoms. The van der Waals surface area contributed by atoms with Gasteiger partial charge in [-0.1, -0.05) is 34.7 Å².